The molecule has 0 fully saturated rings. The topological polar surface area (TPSA) is 52.3 Å². The summed E-state index contributed by atoms with van der Waals surface area (Å²) >= 11 is 1.53. The number of ether oxygens (including phenoxy) is 1. The molecular formula is C16H11FN4OS. The molecule has 0 saturated carbocycles. The minimum Gasteiger partial charge on any atom is -0.467 e. The predicted molar refractivity (Wildman–Crippen MR) is 86.0 cm³/mol. The number of aromatic nitrogens is 4. The number of benzene rings is 1. The van der Waals surface area contributed by atoms with Gasteiger partial charge in [-0.1, -0.05) is 0 Å². The maximum Gasteiger partial charge on any atom is 0.316 e. The van der Waals surface area contributed by atoms with Crippen LogP contribution in [0.3, 0.4) is 0 Å². The van der Waals surface area contributed by atoms with E-state index in [2.05, 4.69) is 15.0 Å². The van der Waals surface area contributed by atoms with E-state index in [4.69, 9.17) is 4.74 Å². The first-order valence-electron chi connectivity index (χ1n) is 6.85. The van der Waals surface area contributed by atoms with Crippen LogP contribution in [0.2, 0.25) is 0 Å². The van der Waals surface area contributed by atoms with Crippen LogP contribution in [0.25, 0.3) is 27.6 Å². The predicted octanol–water partition coefficient (Wildman–Crippen LogP) is 3.67. The second kappa shape index (κ2) is 5.44. The van der Waals surface area contributed by atoms with Crippen molar-refractivity contribution in [1.82, 2.24) is 19.4 Å². The smallest absolute Gasteiger partial charge is 0.316 e. The molecule has 0 unspecified atom stereocenters. The minimum absolute atomic E-state index is 0.278. The third-order valence-corrected chi connectivity index (χ3v) is 4.20. The normalized spacial score (nSPS) is 11.0. The summed E-state index contributed by atoms with van der Waals surface area (Å²) in [5.74, 6) is -0.278. The molecule has 0 amide bonds. The van der Waals surface area contributed by atoms with E-state index in [0.29, 0.717) is 5.69 Å². The van der Waals surface area contributed by atoms with Gasteiger partial charge in [0, 0.05) is 23.3 Å². The Morgan fingerprint density at radius 2 is 1.96 bits per heavy atom. The highest BCUT2D eigenvalue weighted by molar-refractivity contribution is 7.15. The molecule has 0 aliphatic heterocycles. The van der Waals surface area contributed by atoms with Gasteiger partial charge in [-0.25, -0.2) is 14.4 Å². The van der Waals surface area contributed by atoms with Crippen molar-refractivity contribution >= 4 is 16.3 Å². The highest BCUT2D eigenvalue weighted by Gasteiger charge is 2.18. The lowest BCUT2D eigenvalue weighted by Gasteiger charge is -2.05. The fourth-order valence-electron chi connectivity index (χ4n) is 2.41. The lowest BCUT2D eigenvalue weighted by molar-refractivity contribution is 0.380. The zero-order chi connectivity index (χ0) is 15.8. The monoisotopic (exact) mass is 326 g/mol. The van der Waals surface area contributed by atoms with E-state index in [-0.39, 0.29) is 11.8 Å². The molecule has 1 aromatic carbocycles. The molecule has 4 rings (SSSR count). The third-order valence-electron chi connectivity index (χ3n) is 3.44. The number of rotatable bonds is 3. The summed E-state index contributed by atoms with van der Waals surface area (Å²) in [6.07, 6.45) is 3.57. The zero-order valence-electron chi connectivity index (χ0n) is 12.1. The van der Waals surface area contributed by atoms with Gasteiger partial charge in [0.25, 0.3) is 0 Å². The number of halogens is 1. The second-order valence-corrected chi connectivity index (χ2v) is 5.67. The summed E-state index contributed by atoms with van der Waals surface area (Å²) in [5.41, 5.74) is 3.10. The van der Waals surface area contributed by atoms with E-state index in [9.17, 15) is 4.39 Å². The Morgan fingerprint density at radius 3 is 2.74 bits per heavy atom. The Morgan fingerprint density at radius 1 is 1.13 bits per heavy atom. The zero-order valence-corrected chi connectivity index (χ0v) is 12.9. The summed E-state index contributed by atoms with van der Waals surface area (Å²) in [5, 5.41) is 1.96. The van der Waals surface area contributed by atoms with Crippen LogP contribution in [0.15, 0.2) is 48.1 Å². The molecule has 0 aliphatic rings. The van der Waals surface area contributed by atoms with Crippen molar-refractivity contribution < 1.29 is 9.13 Å². The van der Waals surface area contributed by atoms with Crippen molar-refractivity contribution in [3.05, 3.63) is 53.9 Å². The van der Waals surface area contributed by atoms with E-state index in [1.54, 1.807) is 24.4 Å². The first kappa shape index (κ1) is 13.8. The summed E-state index contributed by atoms with van der Waals surface area (Å²) in [6, 6.07) is 8.36. The lowest BCUT2D eigenvalue weighted by Crippen LogP contribution is -1.95. The number of nitrogens with zero attached hydrogens (tertiary/aromatic N) is 4. The van der Waals surface area contributed by atoms with Crippen molar-refractivity contribution in [3.8, 4) is 28.7 Å². The maximum atomic E-state index is 13.2. The minimum atomic E-state index is -0.278. The summed E-state index contributed by atoms with van der Waals surface area (Å²) < 4.78 is 20.3. The highest BCUT2D eigenvalue weighted by Crippen LogP contribution is 2.33. The molecule has 0 atom stereocenters. The number of hydrogen-bond acceptors (Lipinski definition) is 5. The Bertz CT molecular complexity index is 977. The largest absolute Gasteiger partial charge is 0.467 e. The van der Waals surface area contributed by atoms with Gasteiger partial charge < -0.3 is 4.74 Å². The van der Waals surface area contributed by atoms with Crippen molar-refractivity contribution in [1.29, 1.82) is 0 Å². The van der Waals surface area contributed by atoms with Crippen LogP contribution < -0.4 is 4.74 Å². The van der Waals surface area contributed by atoms with E-state index >= 15 is 0 Å². The molecule has 0 spiro atoms. The summed E-state index contributed by atoms with van der Waals surface area (Å²) in [4.78, 5) is 13.9. The fraction of sp³-hybridized carbons (Fsp3) is 0.0625. The molecule has 0 saturated heterocycles. The van der Waals surface area contributed by atoms with Gasteiger partial charge in [0.1, 0.15) is 11.5 Å². The van der Waals surface area contributed by atoms with Crippen LogP contribution >= 0.6 is 11.3 Å². The third kappa shape index (κ3) is 2.35. The second-order valence-electron chi connectivity index (χ2n) is 4.80. The van der Waals surface area contributed by atoms with Crippen molar-refractivity contribution in [2.75, 3.05) is 7.11 Å². The number of hydrogen-bond donors (Lipinski definition) is 0. The standard InChI is InChI=1S/C16H11FN4OS/c1-22-15-18-7-6-12(19-15)14-13(10-2-4-11(17)5-3-10)20-16-21(14)8-9-23-16/h2-9H,1H3. The van der Waals surface area contributed by atoms with Crippen LogP contribution in [0.1, 0.15) is 0 Å². The summed E-state index contributed by atoms with van der Waals surface area (Å²) in [6.45, 7) is 0. The van der Waals surface area contributed by atoms with Crippen molar-refractivity contribution in [3.63, 3.8) is 0 Å². The van der Waals surface area contributed by atoms with Crippen molar-refractivity contribution in [2.45, 2.75) is 0 Å². The van der Waals surface area contributed by atoms with Gasteiger partial charge in [0.05, 0.1) is 18.5 Å². The molecule has 0 aliphatic carbocycles. The molecule has 7 heteroatoms. The van der Waals surface area contributed by atoms with Crippen LogP contribution in [0.5, 0.6) is 6.01 Å². The van der Waals surface area contributed by atoms with Gasteiger partial charge in [-0.3, -0.25) is 4.40 Å². The van der Waals surface area contributed by atoms with Gasteiger partial charge in [0.15, 0.2) is 4.96 Å². The fourth-order valence-corrected chi connectivity index (χ4v) is 3.12. The van der Waals surface area contributed by atoms with Crippen LogP contribution in [-0.2, 0) is 0 Å². The van der Waals surface area contributed by atoms with Crippen molar-refractivity contribution in [2.24, 2.45) is 0 Å². The van der Waals surface area contributed by atoms with E-state index in [1.807, 2.05) is 16.0 Å². The first-order chi connectivity index (χ1) is 11.3. The van der Waals surface area contributed by atoms with E-state index in [0.717, 1.165) is 21.9 Å². The molecule has 3 heterocycles. The van der Waals surface area contributed by atoms with Gasteiger partial charge in [-0.15, -0.1) is 11.3 Å². The summed E-state index contributed by atoms with van der Waals surface area (Å²) in [7, 11) is 1.52. The lowest BCUT2D eigenvalue weighted by atomic mass is 10.1. The molecule has 3 aromatic heterocycles. The maximum absolute atomic E-state index is 13.2. The van der Waals surface area contributed by atoms with Gasteiger partial charge in [0.2, 0.25) is 0 Å². The van der Waals surface area contributed by atoms with Crippen LogP contribution in [0.4, 0.5) is 4.39 Å². The molecule has 0 radical (unpaired) electrons. The van der Waals surface area contributed by atoms with Gasteiger partial charge in [-0.05, 0) is 30.3 Å². The Kier molecular flexibility index (Phi) is 3.27. The molecule has 5 nitrogen and oxygen atoms in total. The Labute approximate surface area is 135 Å². The average molecular weight is 326 g/mol. The first-order valence-corrected chi connectivity index (χ1v) is 7.73. The molecular weight excluding hydrogens is 315 g/mol. The van der Waals surface area contributed by atoms with Crippen LogP contribution in [-0.4, -0.2) is 26.5 Å². The quantitative estimate of drug-likeness (QED) is 0.576. The van der Waals surface area contributed by atoms with Crippen LogP contribution in [0, 0.1) is 5.82 Å². The van der Waals surface area contributed by atoms with E-state index < -0.39 is 0 Å². The molecule has 23 heavy (non-hydrogen) atoms. The van der Waals surface area contributed by atoms with Gasteiger partial charge in [-0.2, -0.15) is 4.98 Å². The van der Waals surface area contributed by atoms with E-state index in [1.165, 1.54) is 30.6 Å². The molecule has 4 aromatic rings. The average Bonchev–Trinajstić information content (AvgIpc) is 3.16. The number of methoxy groups -OCH3 is 1. The number of imidazole rings is 1. The molecule has 0 bridgehead atoms. The highest BCUT2D eigenvalue weighted by atomic mass is 32.1. The van der Waals surface area contributed by atoms with Gasteiger partial charge >= 0.3 is 6.01 Å². The SMILES string of the molecule is COc1nccc(-c2c(-c3ccc(F)cc3)nc3sccn23)n1. The Balaban J connectivity index is 1.98. The number of fused-ring (bicyclic) bond motifs is 1. The molecule has 114 valence electrons. The molecule has 0 N–H and O–H groups in total. The number of thiazole rings is 1. The Hall–Kier alpha value is -2.80.